The number of esters is 1. The molecule has 1 saturated heterocycles. The van der Waals surface area contributed by atoms with Crippen molar-refractivity contribution in [2.24, 2.45) is 0 Å². The lowest BCUT2D eigenvalue weighted by Crippen LogP contribution is -2.40. The highest BCUT2D eigenvalue weighted by atomic mass is 19.1. The lowest BCUT2D eigenvalue weighted by Gasteiger charge is -2.30. The van der Waals surface area contributed by atoms with Crippen molar-refractivity contribution < 1.29 is 33.4 Å². The van der Waals surface area contributed by atoms with E-state index in [4.69, 9.17) is 9.47 Å². The number of pyridine rings is 2. The molecule has 1 fully saturated rings. The van der Waals surface area contributed by atoms with Crippen LogP contribution in [0.5, 0.6) is 5.75 Å². The van der Waals surface area contributed by atoms with Crippen LogP contribution < -0.4 is 5.32 Å². The van der Waals surface area contributed by atoms with E-state index in [2.05, 4.69) is 15.3 Å². The molecule has 1 aliphatic rings. The first-order chi connectivity index (χ1) is 18.3. The Morgan fingerprint density at radius 1 is 1.13 bits per heavy atom. The summed E-state index contributed by atoms with van der Waals surface area (Å²) in [5.41, 5.74) is 1.02. The number of nitrogens with one attached hydrogen (secondary N) is 1. The van der Waals surface area contributed by atoms with Crippen LogP contribution in [-0.4, -0.2) is 77.2 Å². The first-order valence-electron chi connectivity index (χ1n) is 12.3. The van der Waals surface area contributed by atoms with Gasteiger partial charge in [-0.05, 0) is 35.7 Å². The highest BCUT2D eigenvalue weighted by molar-refractivity contribution is 6.08. The summed E-state index contributed by atoms with van der Waals surface area (Å²) in [6.45, 7) is 2.85. The molecule has 3 aromatic rings. The Morgan fingerprint density at radius 3 is 2.50 bits per heavy atom. The van der Waals surface area contributed by atoms with Crippen molar-refractivity contribution in [1.82, 2.24) is 20.2 Å². The van der Waals surface area contributed by atoms with Crippen molar-refractivity contribution in [2.75, 3.05) is 33.4 Å². The van der Waals surface area contributed by atoms with Crippen molar-refractivity contribution in [3.63, 3.8) is 0 Å². The molecule has 200 valence electrons. The number of amides is 2. The normalized spacial score (nSPS) is 13.9. The van der Waals surface area contributed by atoms with Gasteiger partial charge in [0, 0.05) is 58.1 Å². The van der Waals surface area contributed by atoms with E-state index >= 15 is 0 Å². The van der Waals surface area contributed by atoms with Crippen molar-refractivity contribution in [2.45, 2.75) is 32.3 Å². The molecule has 0 aliphatic carbocycles. The molecule has 11 heteroatoms. The van der Waals surface area contributed by atoms with Gasteiger partial charge in [-0.1, -0.05) is 12.1 Å². The fourth-order valence-corrected chi connectivity index (χ4v) is 4.31. The summed E-state index contributed by atoms with van der Waals surface area (Å²) in [6, 6.07) is 7.65. The average Bonchev–Trinajstić information content (AvgIpc) is 2.90. The van der Waals surface area contributed by atoms with E-state index in [9.17, 15) is 23.9 Å². The molecular weight excluding hydrogens is 495 g/mol. The van der Waals surface area contributed by atoms with E-state index in [1.54, 1.807) is 23.1 Å². The number of halogens is 1. The highest BCUT2D eigenvalue weighted by Gasteiger charge is 2.28. The molecule has 2 amide bonds. The van der Waals surface area contributed by atoms with E-state index < -0.39 is 23.7 Å². The van der Waals surface area contributed by atoms with E-state index in [1.165, 1.54) is 32.4 Å². The number of hydrogen-bond acceptors (Lipinski definition) is 8. The van der Waals surface area contributed by atoms with Crippen molar-refractivity contribution in [1.29, 1.82) is 0 Å². The number of fused-ring (bicyclic) bond motifs is 1. The Hall–Kier alpha value is -4.12. The van der Waals surface area contributed by atoms with Crippen LogP contribution in [0.1, 0.15) is 51.9 Å². The lowest BCUT2D eigenvalue weighted by molar-refractivity contribution is -0.130. The monoisotopic (exact) mass is 524 g/mol. The summed E-state index contributed by atoms with van der Waals surface area (Å²) in [5, 5.41) is 13.7. The topological polar surface area (TPSA) is 131 Å². The van der Waals surface area contributed by atoms with Crippen LogP contribution in [0, 0.1) is 5.82 Å². The summed E-state index contributed by atoms with van der Waals surface area (Å²) < 4.78 is 24.0. The molecule has 10 nitrogen and oxygen atoms in total. The maximum atomic E-state index is 13.3. The minimum absolute atomic E-state index is 0.0260. The van der Waals surface area contributed by atoms with E-state index in [0.29, 0.717) is 37.9 Å². The zero-order valence-electron chi connectivity index (χ0n) is 21.2. The quantitative estimate of drug-likeness (QED) is 0.340. The van der Waals surface area contributed by atoms with Gasteiger partial charge in [0.15, 0.2) is 17.1 Å². The highest BCUT2D eigenvalue weighted by Crippen LogP contribution is 2.30. The molecule has 2 N–H and O–H groups in total. The van der Waals surface area contributed by atoms with Gasteiger partial charge in [-0.3, -0.25) is 14.6 Å². The lowest BCUT2D eigenvalue weighted by atomic mass is 10.0. The number of carbonyl (C=O) groups excluding carboxylic acids is 3. The van der Waals surface area contributed by atoms with Crippen LogP contribution >= 0.6 is 0 Å². The molecule has 0 saturated carbocycles. The van der Waals surface area contributed by atoms with E-state index in [1.807, 2.05) is 0 Å². The summed E-state index contributed by atoms with van der Waals surface area (Å²) in [4.78, 5) is 47.9. The van der Waals surface area contributed by atoms with Gasteiger partial charge in [0.2, 0.25) is 5.91 Å². The Morgan fingerprint density at radius 2 is 1.84 bits per heavy atom. The SMILES string of the molecule is COCCNC(=O)c1nc(C(=O)OC2CCN(C(C)=O)CC2)c2cc(Cc3ccc(F)cc3)cnc2c1O. The number of ether oxygens (including phenoxy) is 2. The molecule has 2 aromatic heterocycles. The fraction of sp³-hybridized carbons (Fsp3) is 0.370. The number of carbonyl (C=O) groups is 3. The summed E-state index contributed by atoms with van der Waals surface area (Å²) in [7, 11) is 1.49. The predicted molar refractivity (Wildman–Crippen MR) is 135 cm³/mol. The maximum Gasteiger partial charge on any atom is 0.357 e. The van der Waals surface area contributed by atoms with Crippen LogP contribution in [0.3, 0.4) is 0 Å². The number of piperidine rings is 1. The maximum absolute atomic E-state index is 13.3. The van der Waals surface area contributed by atoms with Gasteiger partial charge >= 0.3 is 5.97 Å². The number of methoxy groups -OCH3 is 1. The molecule has 1 aromatic carbocycles. The van der Waals surface area contributed by atoms with Crippen LogP contribution in [0.4, 0.5) is 4.39 Å². The molecule has 3 heterocycles. The molecule has 4 rings (SSSR count). The number of hydrogen-bond donors (Lipinski definition) is 2. The third-order valence-corrected chi connectivity index (χ3v) is 6.35. The molecule has 0 atom stereocenters. The van der Waals surface area contributed by atoms with Crippen molar-refractivity contribution in [3.05, 3.63) is 64.9 Å². The van der Waals surface area contributed by atoms with Crippen LogP contribution in [0.2, 0.25) is 0 Å². The second-order valence-electron chi connectivity index (χ2n) is 9.06. The average molecular weight is 525 g/mol. The van der Waals surface area contributed by atoms with Gasteiger partial charge in [-0.2, -0.15) is 0 Å². The summed E-state index contributed by atoms with van der Waals surface area (Å²) >= 11 is 0. The number of nitrogens with zero attached hydrogens (tertiary/aromatic N) is 3. The third-order valence-electron chi connectivity index (χ3n) is 6.35. The number of benzene rings is 1. The second-order valence-corrected chi connectivity index (χ2v) is 9.06. The number of rotatable bonds is 8. The Balaban J connectivity index is 1.68. The number of likely N-dealkylation sites (tertiary alicyclic amines) is 1. The minimum Gasteiger partial charge on any atom is -0.504 e. The first-order valence-corrected chi connectivity index (χ1v) is 12.3. The van der Waals surface area contributed by atoms with Gasteiger partial charge in [0.1, 0.15) is 17.4 Å². The van der Waals surface area contributed by atoms with E-state index in [0.717, 1.165) is 5.56 Å². The molecule has 0 unspecified atom stereocenters. The molecule has 0 bridgehead atoms. The van der Waals surface area contributed by atoms with Gasteiger partial charge in [0.25, 0.3) is 5.91 Å². The standard InChI is InChI=1S/C27H29FN4O6/c1-16(33)32-10-7-20(8-11-32)38-27(36)23-21-14-18(13-17-3-5-19(28)6-4-17)15-30-22(21)25(34)24(31-23)26(35)29-9-12-37-2/h3-6,14-15,20,34H,7-13H2,1-2H3,(H,29,35). The van der Waals surface area contributed by atoms with Gasteiger partial charge in [0.05, 0.1) is 6.61 Å². The molecule has 0 radical (unpaired) electrons. The van der Waals surface area contributed by atoms with Crippen molar-refractivity contribution >= 4 is 28.7 Å². The minimum atomic E-state index is -0.761. The number of aromatic nitrogens is 2. The Bertz CT molecular complexity index is 1340. The largest absolute Gasteiger partial charge is 0.504 e. The Kier molecular flexibility index (Phi) is 8.47. The van der Waals surface area contributed by atoms with Crippen LogP contribution in [0.15, 0.2) is 36.5 Å². The smallest absolute Gasteiger partial charge is 0.357 e. The van der Waals surface area contributed by atoms with Gasteiger partial charge in [-0.25, -0.2) is 14.2 Å². The predicted octanol–water partition coefficient (Wildman–Crippen LogP) is 2.61. The molecule has 0 spiro atoms. The summed E-state index contributed by atoms with van der Waals surface area (Å²) in [6.07, 6.45) is 2.42. The van der Waals surface area contributed by atoms with Crippen LogP contribution in [-0.2, 0) is 20.7 Å². The fourth-order valence-electron chi connectivity index (χ4n) is 4.31. The molecule has 38 heavy (non-hydrogen) atoms. The number of aromatic hydroxyl groups is 1. The van der Waals surface area contributed by atoms with E-state index in [-0.39, 0.29) is 47.2 Å². The molecular formula is C27H29FN4O6. The third kappa shape index (κ3) is 6.23. The zero-order chi connectivity index (χ0) is 27.2. The second kappa shape index (κ2) is 12.0. The zero-order valence-corrected chi connectivity index (χ0v) is 21.2. The molecule has 1 aliphatic heterocycles. The first kappa shape index (κ1) is 26.9. The summed E-state index contributed by atoms with van der Waals surface area (Å²) in [5.74, 6) is -2.31. The van der Waals surface area contributed by atoms with Crippen molar-refractivity contribution in [3.8, 4) is 5.75 Å². The van der Waals surface area contributed by atoms with Crippen LogP contribution in [0.25, 0.3) is 10.9 Å². The van der Waals surface area contributed by atoms with Gasteiger partial charge < -0.3 is 24.8 Å². The Labute approximate surface area is 218 Å². The van der Waals surface area contributed by atoms with Gasteiger partial charge in [-0.15, -0.1) is 0 Å².